The number of hydrogen-bond acceptors (Lipinski definition) is 14. The summed E-state index contributed by atoms with van der Waals surface area (Å²) in [5, 5.41) is 0. The normalized spacial score (nSPS) is 13.7. The Hall–Kier alpha value is -6.17. The van der Waals surface area contributed by atoms with Crippen LogP contribution in [0.1, 0.15) is 195 Å². The van der Waals surface area contributed by atoms with E-state index in [0.717, 1.165) is 43.9 Å². The van der Waals surface area contributed by atoms with Gasteiger partial charge in [0.05, 0.1) is 16.2 Å². The standard InChI is InChI=1S/C18H26O5.C17H26O3.C16H23F3O2.C16H24O4/c1-7-18(5,6)16(20)22-14-10-8-13(9-11-14)21-12-15(19)23-17(2,3)4;1-7-16(3,4)15(18)19-13-9-11-14(12-10-13)20-17(5,6)8-2;1-6-11(2)13-7-9-14(10-8-13)15(4,16(17,18)19)21-12(3)20-5;1-6-16(4,5)15(17)20-14-10-8-13(9-11-14)19-12(3)18-7-2/h8-11H,7,12H2,1-6H3;9-12H,7-8H2,1-6H3;7-12H,6H2,1-5H3;8-12H,6-7H2,1-5H3. The smallest absolute Gasteiger partial charge is 0.421 e. The van der Waals surface area contributed by atoms with E-state index in [-0.39, 0.29) is 42.0 Å². The number of rotatable bonds is 25. The Labute approximate surface area is 500 Å². The fraction of sp³-hybridized carbons (Fsp3) is 0.582. The van der Waals surface area contributed by atoms with E-state index in [1.165, 1.54) is 26.2 Å². The monoisotopic (exact) mass is 1180 g/mol. The Morgan fingerprint density at radius 1 is 0.488 bits per heavy atom. The molecule has 4 rings (SSSR count). The van der Waals surface area contributed by atoms with Gasteiger partial charge in [-0.3, -0.25) is 14.4 Å². The number of benzene rings is 4. The topological polar surface area (TPSA) is 161 Å². The summed E-state index contributed by atoms with van der Waals surface area (Å²) in [5.41, 5.74) is -3.48. The van der Waals surface area contributed by atoms with Gasteiger partial charge in [0, 0.05) is 13.7 Å². The van der Waals surface area contributed by atoms with Gasteiger partial charge in [0.2, 0.25) is 0 Å². The van der Waals surface area contributed by atoms with Gasteiger partial charge in [0.1, 0.15) is 45.7 Å². The van der Waals surface area contributed by atoms with Crippen molar-refractivity contribution in [2.75, 3.05) is 20.3 Å². The van der Waals surface area contributed by atoms with Gasteiger partial charge in [-0.2, -0.15) is 13.2 Å². The van der Waals surface area contributed by atoms with Crippen molar-refractivity contribution in [1.29, 1.82) is 0 Å². The van der Waals surface area contributed by atoms with Gasteiger partial charge in [-0.1, -0.05) is 65.8 Å². The zero-order chi connectivity index (χ0) is 64.5. The van der Waals surface area contributed by atoms with Crippen LogP contribution in [0.4, 0.5) is 13.2 Å². The predicted molar refractivity (Wildman–Crippen MR) is 323 cm³/mol. The average Bonchev–Trinajstić information content (AvgIpc) is 3.04. The van der Waals surface area contributed by atoms with Crippen LogP contribution in [0.25, 0.3) is 0 Å². The molecule has 0 saturated heterocycles. The van der Waals surface area contributed by atoms with E-state index in [1.54, 1.807) is 93.6 Å². The van der Waals surface area contributed by atoms with Crippen molar-refractivity contribution in [3.05, 3.63) is 108 Å². The summed E-state index contributed by atoms with van der Waals surface area (Å²) in [5.74, 6) is 2.67. The Morgan fingerprint density at radius 3 is 1.20 bits per heavy atom. The molecule has 0 N–H and O–H groups in total. The van der Waals surface area contributed by atoms with Crippen LogP contribution in [-0.4, -0.2) is 74.2 Å². The molecule has 14 nitrogen and oxygen atoms in total. The highest BCUT2D eigenvalue weighted by Gasteiger charge is 2.54. The first-order valence-electron chi connectivity index (χ1n) is 28.9. The lowest BCUT2D eigenvalue weighted by Crippen LogP contribution is -2.44. The van der Waals surface area contributed by atoms with Crippen molar-refractivity contribution in [2.24, 2.45) is 16.2 Å². The Balaban J connectivity index is 0.000000561. The first kappa shape index (κ1) is 75.8. The number of halogens is 3. The van der Waals surface area contributed by atoms with Crippen LogP contribution in [0.2, 0.25) is 0 Å². The molecule has 0 saturated carbocycles. The number of hydrogen-bond donors (Lipinski definition) is 0. The SMILES string of the molecule is CCC(C)(C)C(=O)Oc1ccc(OCC(=O)OC(C)(C)C)cc1.CCC(C)(C)Oc1ccc(OC(=O)C(C)(C)CC)cc1.CCC(C)c1ccc(C(C)(OC(C)OC)C(F)(F)F)cc1.CCOC(C)Oc1ccc(OC(=O)C(C)(C)CC)cc1. The van der Waals surface area contributed by atoms with Crippen LogP contribution in [0, 0.1) is 16.2 Å². The molecule has 0 fully saturated rings. The second kappa shape index (κ2) is 34.1. The minimum Gasteiger partial charge on any atom is -0.488 e. The van der Waals surface area contributed by atoms with Gasteiger partial charge in [-0.05, 0) is 226 Å². The average molecular weight is 1190 g/mol. The van der Waals surface area contributed by atoms with Crippen LogP contribution < -0.4 is 28.4 Å². The summed E-state index contributed by atoms with van der Waals surface area (Å²) in [6.07, 6.45) is -1.74. The first-order chi connectivity index (χ1) is 38.8. The van der Waals surface area contributed by atoms with Crippen LogP contribution in [0.15, 0.2) is 97.1 Å². The van der Waals surface area contributed by atoms with Gasteiger partial charge in [-0.25, -0.2) is 4.79 Å². The van der Waals surface area contributed by atoms with Crippen molar-refractivity contribution in [3.63, 3.8) is 0 Å². The van der Waals surface area contributed by atoms with E-state index in [0.29, 0.717) is 47.7 Å². The molecule has 0 radical (unpaired) electrons. The molecule has 17 heteroatoms. The Kier molecular flexibility index (Phi) is 30.8. The lowest BCUT2D eigenvalue weighted by atomic mass is 9.91. The highest BCUT2D eigenvalue weighted by Crippen LogP contribution is 2.43. The molecule has 0 aliphatic heterocycles. The second-order valence-electron chi connectivity index (χ2n) is 23.9. The zero-order valence-corrected chi connectivity index (χ0v) is 54.3. The molecule has 4 aromatic carbocycles. The van der Waals surface area contributed by atoms with E-state index in [4.69, 9.17) is 47.4 Å². The third-order valence-corrected chi connectivity index (χ3v) is 14.1. The maximum atomic E-state index is 13.4. The first-order valence-corrected chi connectivity index (χ1v) is 28.9. The van der Waals surface area contributed by atoms with Gasteiger partial charge in [0.25, 0.3) is 0 Å². The fourth-order valence-corrected chi connectivity index (χ4v) is 6.34. The molecule has 0 heterocycles. The third-order valence-electron chi connectivity index (χ3n) is 14.1. The lowest BCUT2D eigenvalue weighted by Gasteiger charge is -2.34. The van der Waals surface area contributed by atoms with Crippen molar-refractivity contribution in [3.8, 4) is 34.5 Å². The van der Waals surface area contributed by atoms with Gasteiger partial charge >= 0.3 is 30.1 Å². The minimum atomic E-state index is -4.53. The van der Waals surface area contributed by atoms with Gasteiger partial charge < -0.3 is 47.4 Å². The number of ether oxygens (including phenoxy) is 10. The minimum absolute atomic E-state index is 0.0750. The zero-order valence-electron chi connectivity index (χ0n) is 54.3. The maximum absolute atomic E-state index is 13.4. The molecule has 4 unspecified atom stereocenters. The molecule has 472 valence electrons. The summed E-state index contributed by atoms with van der Waals surface area (Å²) in [7, 11) is 1.31. The molecule has 84 heavy (non-hydrogen) atoms. The molecule has 4 aromatic rings. The summed E-state index contributed by atoms with van der Waals surface area (Å²) < 4.78 is 93.5. The van der Waals surface area contributed by atoms with Gasteiger partial charge in [0.15, 0.2) is 24.8 Å². The molecular weight excluding hydrogens is 1090 g/mol. The van der Waals surface area contributed by atoms with E-state index >= 15 is 0 Å². The molecule has 0 aliphatic carbocycles. The maximum Gasteiger partial charge on any atom is 0.421 e. The number of alkyl halides is 3. The summed E-state index contributed by atoms with van der Waals surface area (Å²) in [4.78, 5) is 47.5. The summed E-state index contributed by atoms with van der Waals surface area (Å²) in [6, 6.07) is 27.1. The molecule has 0 spiro atoms. The van der Waals surface area contributed by atoms with E-state index in [2.05, 4.69) is 6.92 Å². The highest BCUT2D eigenvalue weighted by molar-refractivity contribution is 5.79. The third kappa shape index (κ3) is 26.8. The van der Waals surface area contributed by atoms with Crippen molar-refractivity contribution in [1.82, 2.24) is 0 Å². The van der Waals surface area contributed by atoms with Gasteiger partial charge in [-0.15, -0.1) is 0 Å². The number of carbonyl (C=O) groups excluding carboxylic acids is 4. The fourth-order valence-electron chi connectivity index (χ4n) is 6.34. The van der Waals surface area contributed by atoms with Crippen LogP contribution in [0.5, 0.6) is 34.5 Å². The second-order valence-corrected chi connectivity index (χ2v) is 23.9. The predicted octanol–water partition coefficient (Wildman–Crippen LogP) is 17.1. The lowest BCUT2D eigenvalue weighted by molar-refractivity contribution is -0.317. The Bertz CT molecular complexity index is 2570. The van der Waals surface area contributed by atoms with Crippen molar-refractivity contribution < 1.29 is 79.7 Å². The van der Waals surface area contributed by atoms with Crippen LogP contribution in [0.3, 0.4) is 0 Å². The number of methoxy groups -OCH3 is 1. The summed E-state index contributed by atoms with van der Waals surface area (Å²) >= 11 is 0. The molecular formula is C67H99F3O14. The van der Waals surface area contributed by atoms with E-state index in [9.17, 15) is 32.3 Å². The van der Waals surface area contributed by atoms with Crippen LogP contribution in [-0.2, 0) is 43.7 Å². The number of carbonyl (C=O) groups is 4. The van der Waals surface area contributed by atoms with E-state index in [1.807, 2.05) is 116 Å². The quantitative estimate of drug-likeness (QED) is 0.0350. The Morgan fingerprint density at radius 2 is 0.869 bits per heavy atom. The van der Waals surface area contributed by atoms with E-state index < -0.39 is 45.9 Å². The number of esters is 4. The molecule has 0 aromatic heterocycles. The molecule has 4 atom stereocenters. The van der Waals surface area contributed by atoms with Crippen molar-refractivity contribution in [2.45, 2.75) is 219 Å². The molecule has 0 aliphatic rings. The summed E-state index contributed by atoms with van der Waals surface area (Å²) in [6.45, 7) is 39.4. The molecule has 0 amide bonds. The molecule has 0 bridgehead atoms. The largest absolute Gasteiger partial charge is 0.488 e. The van der Waals surface area contributed by atoms with Crippen molar-refractivity contribution >= 4 is 23.9 Å². The highest BCUT2D eigenvalue weighted by atomic mass is 19.4. The van der Waals surface area contributed by atoms with Crippen LogP contribution >= 0.6 is 0 Å².